The molecule has 0 N–H and O–H groups in total. The van der Waals surface area contributed by atoms with E-state index in [-0.39, 0.29) is 23.7 Å². The summed E-state index contributed by atoms with van der Waals surface area (Å²) in [7, 11) is 0. The molecule has 1 aromatic carbocycles. The van der Waals surface area contributed by atoms with Crippen LogP contribution in [0.5, 0.6) is 0 Å². The maximum absolute atomic E-state index is 12.8. The summed E-state index contributed by atoms with van der Waals surface area (Å²) < 4.78 is 12.0. The van der Waals surface area contributed by atoms with Gasteiger partial charge in [-0.05, 0) is 44.7 Å². The Morgan fingerprint density at radius 1 is 1.28 bits per heavy atom. The first-order valence-electron chi connectivity index (χ1n) is 9.29. The van der Waals surface area contributed by atoms with Gasteiger partial charge in [0.1, 0.15) is 5.60 Å². The molecule has 4 heteroatoms. The summed E-state index contributed by atoms with van der Waals surface area (Å²) in [6.45, 7) is 7.24. The van der Waals surface area contributed by atoms with Gasteiger partial charge in [0.15, 0.2) is 0 Å². The molecule has 1 spiro atoms. The Morgan fingerprint density at radius 3 is 2.76 bits per heavy atom. The molecule has 25 heavy (non-hydrogen) atoms. The van der Waals surface area contributed by atoms with E-state index in [2.05, 4.69) is 30.3 Å². The van der Waals surface area contributed by atoms with Crippen LogP contribution in [0.3, 0.4) is 0 Å². The van der Waals surface area contributed by atoms with Gasteiger partial charge in [0, 0.05) is 24.9 Å². The van der Waals surface area contributed by atoms with Gasteiger partial charge in [0.2, 0.25) is 0 Å². The third-order valence-corrected chi connectivity index (χ3v) is 5.59. The van der Waals surface area contributed by atoms with E-state index in [0.717, 1.165) is 25.9 Å². The minimum absolute atomic E-state index is 0.107. The highest BCUT2D eigenvalue weighted by Crippen LogP contribution is 2.55. The van der Waals surface area contributed by atoms with E-state index in [9.17, 15) is 4.79 Å². The van der Waals surface area contributed by atoms with Gasteiger partial charge >= 0.3 is 6.09 Å². The SMILES string of the molecule is CC(C)(C)OC(=O)N1CCC23CC1C(c1ccccc1)C2=CCCO3. The van der Waals surface area contributed by atoms with Crippen LogP contribution < -0.4 is 0 Å². The number of piperidine rings is 1. The monoisotopic (exact) mass is 341 g/mol. The van der Waals surface area contributed by atoms with Crippen molar-refractivity contribution in [3.05, 3.63) is 47.5 Å². The van der Waals surface area contributed by atoms with Crippen LogP contribution in [0.4, 0.5) is 4.79 Å². The van der Waals surface area contributed by atoms with Crippen molar-refractivity contribution in [1.29, 1.82) is 0 Å². The van der Waals surface area contributed by atoms with Crippen LogP contribution in [0.15, 0.2) is 42.0 Å². The number of carbonyl (C=O) groups excluding carboxylic acids is 1. The van der Waals surface area contributed by atoms with Crippen molar-refractivity contribution < 1.29 is 14.3 Å². The number of nitrogens with zero attached hydrogens (tertiary/aromatic N) is 1. The number of likely N-dealkylation sites (tertiary alicyclic amines) is 1. The molecule has 1 saturated heterocycles. The van der Waals surface area contributed by atoms with Crippen LogP contribution in [0, 0.1) is 0 Å². The second-order valence-corrected chi connectivity index (χ2v) is 8.37. The lowest BCUT2D eigenvalue weighted by Gasteiger charge is -2.41. The molecular formula is C21H27NO3. The quantitative estimate of drug-likeness (QED) is 0.716. The first-order chi connectivity index (χ1) is 11.9. The minimum atomic E-state index is -0.477. The van der Waals surface area contributed by atoms with Gasteiger partial charge in [0.05, 0.1) is 12.2 Å². The Bertz CT molecular complexity index is 691. The fourth-order valence-electron chi connectivity index (χ4n) is 4.67. The van der Waals surface area contributed by atoms with Crippen molar-refractivity contribution in [3.63, 3.8) is 0 Å². The maximum Gasteiger partial charge on any atom is 0.410 e. The Hall–Kier alpha value is -1.81. The fourth-order valence-corrected chi connectivity index (χ4v) is 4.67. The first-order valence-corrected chi connectivity index (χ1v) is 9.29. The molecule has 1 amide bonds. The van der Waals surface area contributed by atoms with Crippen LogP contribution in [0.25, 0.3) is 0 Å². The summed E-state index contributed by atoms with van der Waals surface area (Å²) in [6, 6.07) is 10.6. The van der Waals surface area contributed by atoms with Gasteiger partial charge < -0.3 is 14.4 Å². The molecule has 4 rings (SSSR count). The number of hydrogen-bond acceptors (Lipinski definition) is 3. The summed E-state index contributed by atoms with van der Waals surface area (Å²) >= 11 is 0. The van der Waals surface area contributed by atoms with E-state index in [1.807, 2.05) is 31.7 Å². The van der Waals surface area contributed by atoms with Crippen molar-refractivity contribution >= 4 is 6.09 Å². The van der Waals surface area contributed by atoms with Gasteiger partial charge in [-0.1, -0.05) is 36.4 Å². The second-order valence-electron chi connectivity index (χ2n) is 8.37. The average molecular weight is 341 g/mol. The van der Waals surface area contributed by atoms with Crippen molar-refractivity contribution in [3.8, 4) is 0 Å². The summed E-state index contributed by atoms with van der Waals surface area (Å²) in [5.41, 5.74) is 1.99. The van der Waals surface area contributed by atoms with Crippen LogP contribution in [0.2, 0.25) is 0 Å². The molecule has 2 fully saturated rings. The molecular weight excluding hydrogens is 314 g/mol. The molecule has 2 bridgehead atoms. The number of ether oxygens (including phenoxy) is 2. The summed E-state index contributed by atoms with van der Waals surface area (Å²) in [6.07, 6.45) is 4.85. The lowest BCUT2D eigenvalue weighted by Crippen LogP contribution is -2.50. The molecule has 2 heterocycles. The van der Waals surface area contributed by atoms with Crippen molar-refractivity contribution in [2.24, 2.45) is 0 Å². The highest BCUT2D eigenvalue weighted by molar-refractivity contribution is 5.70. The third-order valence-electron chi connectivity index (χ3n) is 5.59. The number of carbonyl (C=O) groups is 1. The smallest absolute Gasteiger partial charge is 0.410 e. The van der Waals surface area contributed by atoms with E-state index in [1.165, 1.54) is 11.1 Å². The number of amides is 1. The third kappa shape index (κ3) is 2.86. The second kappa shape index (κ2) is 5.87. The molecule has 3 unspecified atom stereocenters. The number of hydrogen-bond donors (Lipinski definition) is 0. The largest absolute Gasteiger partial charge is 0.444 e. The van der Waals surface area contributed by atoms with Gasteiger partial charge in [0.25, 0.3) is 0 Å². The Kier molecular flexibility index (Phi) is 3.91. The molecule has 1 aromatic rings. The normalized spacial score (nSPS) is 31.3. The molecule has 0 aromatic heterocycles. The first kappa shape index (κ1) is 16.6. The predicted molar refractivity (Wildman–Crippen MR) is 96.5 cm³/mol. The van der Waals surface area contributed by atoms with E-state index in [1.54, 1.807) is 0 Å². The summed E-state index contributed by atoms with van der Waals surface area (Å²) in [4.78, 5) is 14.8. The predicted octanol–water partition coefficient (Wildman–Crippen LogP) is 4.27. The van der Waals surface area contributed by atoms with Gasteiger partial charge in [-0.15, -0.1) is 0 Å². The molecule has 1 aliphatic carbocycles. The van der Waals surface area contributed by atoms with Crippen LogP contribution in [-0.2, 0) is 9.47 Å². The average Bonchev–Trinajstić information content (AvgIpc) is 2.82. The zero-order valence-corrected chi connectivity index (χ0v) is 15.3. The zero-order chi connectivity index (χ0) is 17.7. The number of fused-ring (bicyclic) bond motifs is 1. The minimum Gasteiger partial charge on any atom is -0.444 e. The molecule has 1 saturated carbocycles. The molecule has 3 aliphatic rings. The highest BCUT2D eigenvalue weighted by atomic mass is 16.6. The van der Waals surface area contributed by atoms with Crippen molar-refractivity contribution in [2.45, 2.75) is 63.2 Å². The van der Waals surface area contributed by atoms with E-state index in [0.29, 0.717) is 6.54 Å². The lowest BCUT2D eigenvalue weighted by molar-refractivity contribution is -0.0592. The van der Waals surface area contributed by atoms with E-state index in [4.69, 9.17) is 9.47 Å². The molecule has 0 radical (unpaired) electrons. The van der Waals surface area contributed by atoms with Crippen molar-refractivity contribution in [1.82, 2.24) is 4.90 Å². The topological polar surface area (TPSA) is 38.8 Å². The fraction of sp³-hybridized carbons (Fsp3) is 0.571. The maximum atomic E-state index is 12.8. The summed E-state index contributed by atoms with van der Waals surface area (Å²) in [5.74, 6) is 0.205. The zero-order valence-electron chi connectivity index (χ0n) is 15.3. The molecule has 3 atom stereocenters. The van der Waals surface area contributed by atoms with Crippen molar-refractivity contribution in [2.75, 3.05) is 13.2 Å². The van der Waals surface area contributed by atoms with Gasteiger partial charge in [-0.25, -0.2) is 4.79 Å². The Labute approximate surface area is 149 Å². The van der Waals surface area contributed by atoms with E-state index >= 15 is 0 Å². The molecule has 4 nitrogen and oxygen atoms in total. The van der Waals surface area contributed by atoms with Gasteiger partial charge in [-0.3, -0.25) is 0 Å². The van der Waals surface area contributed by atoms with E-state index < -0.39 is 5.60 Å². The highest BCUT2D eigenvalue weighted by Gasteiger charge is 2.57. The standard InChI is InChI=1S/C21H27NO3/c1-20(2,3)25-19(23)22-12-11-21-14-17(22)18(15-8-5-4-6-9-15)16(21)10-7-13-24-21/h4-6,8-10,17-18H,7,11-14H2,1-3H3. The Morgan fingerprint density at radius 2 is 2.04 bits per heavy atom. The van der Waals surface area contributed by atoms with Gasteiger partial charge in [-0.2, -0.15) is 0 Å². The summed E-state index contributed by atoms with van der Waals surface area (Å²) in [5, 5.41) is 0. The molecule has 2 aliphatic heterocycles. The van der Waals surface area contributed by atoms with Crippen LogP contribution in [-0.4, -0.2) is 41.4 Å². The van der Waals surface area contributed by atoms with Crippen LogP contribution >= 0.6 is 0 Å². The molecule has 134 valence electrons. The number of benzene rings is 1. The van der Waals surface area contributed by atoms with Crippen LogP contribution in [0.1, 0.15) is 51.5 Å². The Balaban J connectivity index is 1.71. The lowest BCUT2D eigenvalue weighted by atomic mass is 9.85. The number of rotatable bonds is 1.